The first kappa shape index (κ1) is 16.5. The van der Waals surface area contributed by atoms with Gasteiger partial charge in [-0.1, -0.05) is 13.8 Å². The molecule has 5 nitrogen and oxygen atoms in total. The zero-order chi connectivity index (χ0) is 14.4. The highest BCUT2D eigenvalue weighted by Gasteiger charge is 2.42. The van der Waals surface area contributed by atoms with Gasteiger partial charge in [-0.15, -0.1) is 11.8 Å². The zero-order valence-electron chi connectivity index (χ0n) is 11.6. The molecule has 0 aromatic rings. The van der Waals surface area contributed by atoms with E-state index in [-0.39, 0.29) is 17.3 Å². The Morgan fingerprint density at radius 2 is 2.21 bits per heavy atom. The number of hydrogen-bond donors (Lipinski definition) is 2. The van der Waals surface area contributed by atoms with Crippen LogP contribution in [0.2, 0.25) is 0 Å². The van der Waals surface area contributed by atoms with Crippen LogP contribution in [0.3, 0.4) is 0 Å². The van der Waals surface area contributed by atoms with Crippen LogP contribution in [0.25, 0.3) is 0 Å². The summed E-state index contributed by atoms with van der Waals surface area (Å²) in [6.07, 6.45) is 2.92. The van der Waals surface area contributed by atoms with Crippen molar-refractivity contribution in [2.24, 2.45) is 5.92 Å². The zero-order valence-corrected chi connectivity index (χ0v) is 13.2. The molecule has 0 aromatic carbocycles. The molecule has 2 unspecified atom stereocenters. The number of amides is 2. The lowest BCUT2D eigenvalue weighted by Gasteiger charge is -2.29. The molecule has 0 aromatic heterocycles. The van der Waals surface area contributed by atoms with E-state index in [1.54, 1.807) is 23.5 Å². The number of carbonyl (C=O) groups excluding carboxylic acids is 1. The second kappa shape index (κ2) is 7.89. The molecular weight excluding hydrogens is 284 g/mol. The Kier molecular flexibility index (Phi) is 6.85. The van der Waals surface area contributed by atoms with E-state index < -0.39 is 12.0 Å². The number of urea groups is 1. The summed E-state index contributed by atoms with van der Waals surface area (Å²) < 4.78 is 0. The number of aliphatic carboxylic acids is 1. The highest BCUT2D eigenvalue weighted by Crippen LogP contribution is 2.33. The highest BCUT2D eigenvalue weighted by molar-refractivity contribution is 8.00. The van der Waals surface area contributed by atoms with Crippen molar-refractivity contribution in [1.82, 2.24) is 10.2 Å². The summed E-state index contributed by atoms with van der Waals surface area (Å²) in [5, 5.41) is 12.0. The topological polar surface area (TPSA) is 69.6 Å². The van der Waals surface area contributed by atoms with E-state index >= 15 is 0 Å². The Labute approximate surface area is 122 Å². The van der Waals surface area contributed by atoms with Gasteiger partial charge in [-0.25, -0.2) is 9.59 Å². The maximum Gasteiger partial charge on any atom is 0.327 e. The lowest BCUT2D eigenvalue weighted by molar-refractivity contribution is -0.141. The van der Waals surface area contributed by atoms with Crippen molar-refractivity contribution < 1.29 is 14.7 Å². The van der Waals surface area contributed by atoms with Gasteiger partial charge in [-0.3, -0.25) is 4.90 Å². The lowest BCUT2D eigenvalue weighted by Crippen LogP contribution is -2.51. The van der Waals surface area contributed by atoms with Gasteiger partial charge in [0.05, 0.1) is 5.37 Å². The average molecular weight is 306 g/mol. The number of hydrogen-bond acceptors (Lipinski definition) is 4. The summed E-state index contributed by atoms with van der Waals surface area (Å²) in [4.78, 5) is 24.9. The van der Waals surface area contributed by atoms with Gasteiger partial charge in [-0.2, -0.15) is 11.8 Å². The molecule has 1 aliphatic rings. The second-order valence-electron chi connectivity index (χ2n) is 4.81. The molecule has 1 saturated heterocycles. The fourth-order valence-electron chi connectivity index (χ4n) is 1.99. The predicted octanol–water partition coefficient (Wildman–Crippen LogP) is 1.93. The summed E-state index contributed by atoms with van der Waals surface area (Å²) >= 11 is 3.28. The molecule has 19 heavy (non-hydrogen) atoms. The van der Waals surface area contributed by atoms with Crippen LogP contribution in [0.1, 0.15) is 20.3 Å². The number of nitrogens with zero attached hydrogens (tertiary/aromatic N) is 1. The fourth-order valence-corrected chi connectivity index (χ4v) is 3.90. The second-order valence-corrected chi connectivity index (χ2v) is 6.94. The Balaban J connectivity index is 2.62. The number of thioether (sulfide) groups is 2. The third-order valence-corrected chi connectivity index (χ3v) is 5.24. The Morgan fingerprint density at radius 3 is 2.74 bits per heavy atom. The summed E-state index contributed by atoms with van der Waals surface area (Å²) in [5.41, 5.74) is 0. The molecule has 1 rings (SSSR count). The quantitative estimate of drug-likeness (QED) is 0.734. The van der Waals surface area contributed by atoms with Gasteiger partial charge in [0.1, 0.15) is 6.04 Å². The number of rotatable bonds is 6. The third-order valence-electron chi connectivity index (χ3n) is 2.93. The highest BCUT2D eigenvalue weighted by atomic mass is 32.2. The van der Waals surface area contributed by atoms with Crippen LogP contribution in [0.4, 0.5) is 4.79 Å². The molecule has 2 atom stereocenters. The first-order valence-electron chi connectivity index (χ1n) is 6.38. The minimum Gasteiger partial charge on any atom is -0.480 e. The van der Waals surface area contributed by atoms with E-state index in [9.17, 15) is 14.7 Å². The molecular formula is C12H22N2O3S2. The van der Waals surface area contributed by atoms with Crippen LogP contribution in [0.5, 0.6) is 0 Å². The summed E-state index contributed by atoms with van der Waals surface area (Å²) in [7, 11) is 0. The normalized spacial score (nSPS) is 22.8. The SMILES string of the molecule is CSCCCNC(=O)N1C(C(=O)O)CSC1C(C)C. The standard InChI is InChI=1S/C12H22N2O3S2/c1-8(2)10-14(9(7-19-10)11(15)16)12(17)13-5-4-6-18-3/h8-10H,4-7H2,1-3H3,(H,13,17)(H,15,16). The van der Waals surface area contributed by atoms with Gasteiger partial charge in [0.2, 0.25) is 0 Å². The van der Waals surface area contributed by atoms with Crippen molar-refractivity contribution in [3.8, 4) is 0 Å². The van der Waals surface area contributed by atoms with E-state index in [1.165, 1.54) is 4.90 Å². The maximum atomic E-state index is 12.2. The summed E-state index contributed by atoms with van der Waals surface area (Å²) in [6.45, 7) is 4.61. The summed E-state index contributed by atoms with van der Waals surface area (Å²) in [6, 6.07) is -0.963. The average Bonchev–Trinajstić information content (AvgIpc) is 2.79. The van der Waals surface area contributed by atoms with E-state index in [0.717, 1.165) is 12.2 Å². The molecule has 1 aliphatic heterocycles. The van der Waals surface area contributed by atoms with E-state index in [1.807, 2.05) is 20.1 Å². The largest absolute Gasteiger partial charge is 0.480 e. The number of nitrogens with one attached hydrogen (secondary N) is 1. The molecule has 110 valence electrons. The van der Waals surface area contributed by atoms with Crippen LogP contribution in [-0.2, 0) is 4.79 Å². The monoisotopic (exact) mass is 306 g/mol. The lowest BCUT2D eigenvalue weighted by atomic mass is 10.2. The van der Waals surface area contributed by atoms with Gasteiger partial charge in [-0.05, 0) is 24.3 Å². The van der Waals surface area contributed by atoms with Crippen molar-refractivity contribution in [3.63, 3.8) is 0 Å². The molecule has 0 radical (unpaired) electrons. The van der Waals surface area contributed by atoms with E-state index in [0.29, 0.717) is 12.3 Å². The first-order valence-corrected chi connectivity index (χ1v) is 8.82. The van der Waals surface area contributed by atoms with E-state index in [4.69, 9.17) is 0 Å². The third kappa shape index (κ3) is 4.49. The maximum absolute atomic E-state index is 12.2. The van der Waals surface area contributed by atoms with Gasteiger partial charge in [0, 0.05) is 12.3 Å². The van der Waals surface area contributed by atoms with Crippen LogP contribution in [0.15, 0.2) is 0 Å². The van der Waals surface area contributed by atoms with Gasteiger partial charge in [0.15, 0.2) is 0 Å². The smallest absolute Gasteiger partial charge is 0.327 e. The molecule has 0 saturated carbocycles. The number of carboxylic acid groups (broad SMARTS) is 1. The Morgan fingerprint density at radius 1 is 1.53 bits per heavy atom. The van der Waals surface area contributed by atoms with Crippen molar-refractivity contribution >= 4 is 35.5 Å². The van der Waals surface area contributed by atoms with Crippen LogP contribution < -0.4 is 5.32 Å². The fraction of sp³-hybridized carbons (Fsp3) is 0.833. The van der Waals surface area contributed by atoms with Gasteiger partial charge in [0.25, 0.3) is 0 Å². The Hall–Kier alpha value is -0.560. The predicted molar refractivity (Wildman–Crippen MR) is 80.7 cm³/mol. The minimum absolute atomic E-state index is 0.0540. The molecule has 1 heterocycles. The van der Waals surface area contributed by atoms with Gasteiger partial charge >= 0.3 is 12.0 Å². The van der Waals surface area contributed by atoms with E-state index in [2.05, 4.69) is 5.32 Å². The number of carboxylic acids is 1. The van der Waals surface area contributed by atoms with Crippen molar-refractivity contribution in [3.05, 3.63) is 0 Å². The summed E-state index contributed by atoms with van der Waals surface area (Å²) in [5.74, 6) is 0.780. The van der Waals surface area contributed by atoms with Crippen LogP contribution in [0, 0.1) is 5.92 Å². The molecule has 0 bridgehead atoms. The molecule has 2 N–H and O–H groups in total. The molecule has 0 spiro atoms. The van der Waals surface area contributed by atoms with Crippen LogP contribution in [-0.4, -0.2) is 57.7 Å². The molecule has 0 aliphatic carbocycles. The van der Waals surface area contributed by atoms with Crippen molar-refractivity contribution in [1.29, 1.82) is 0 Å². The Bertz CT molecular complexity index is 326. The first-order chi connectivity index (χ1) is 8.99. The minimum atomic E-state index is -0.921. The van der Waals surface area contributed by atoms with Crippen molar-refractivity contribution in [2.45, 2.75) is 31.7 Å². The molecule has 2 amide bonds. The van der Waals surface area contributed by atoms with Crippen molar-refractivity contribution in [2.75, 3.05) is 24.3 Å². The van der Waals surface area contributed by atoms with Gasteiger partial charge < -0.3 is 10.4 Å². The molecule has 7 heteroatoms. The molecule has 1 fully saturated rings. The van der Waals surface area contributed by atoms with Crippen LogP contribution >= 0.6 is 23.5 Å². The number of carbonyl (C=O) groups is 2.